The normalized spacial score (nSPS) is 11.7. The van der Waals surface area contributed by atoms with Gasteiger partial charge in [-0.05, 0) is 17.7 Å². The molecular formula is C9H8N2O2. The molecular weight excluding hydrogens is 168 g/mol. The quantitative estimate of drug-likeness (QED) is 0.701. The molecule has 0 spiro atoms. The number of nitrogens with zero attached hydrogens (tertiary/aromatic N) is 1. The van der Waals surface area contributed by atoms with Gasteiger partial charge in [0.2, 0.25) is 0 Å². The van der Waals surface area contributed by atoms with E-state index in [1.165, 1.54) is 24.3 Å². The molecule has 4 heteroatoms. The molecule has 1 unspecified atom stereocenters. The standard InChI is InChI=1S/C9H8N2O2/c10-5-8(11)6-1-3-7(4-2-6)9(12)13/h1-4,8H,11H2,(H,12,13). The third-order valence-electron chi connectivity index (χ3n) is 1.66. The van der Waals surface area contributed by atoms with Gasteiger partial charge in [-0.25, -0.2) is 4.79 Å². The molecule has 1 aromatic rings. The number of nitriles is 1. The second kappa shape index (κ2) is 3.70. The Labute approximate surface area is 75.2 Å². The van der Waals surface area contributed by atoms with Gasteiger partial charge in [0.25, 0.3) is 0 Å². The SMILES string of the molecule is N#CC(N)c1ccc(C(=O)O)cc1. The zero-order valence-electron chi connectivity index (χ0n) is 6.77. The van der Waals surface area contributed by atoms with Crippen molar-refractivity contribution in [2.75, 3.05) is 0 Å². The van der Waals surface area contributed by atoms with Gasteiger partial charge in [-0.1, -0.05) is 12.1 Å². The van der Waals surface area contributed by atoms with Gasteiger partial charge in [0.05, 0.1) is 11.6 Å². The van der Waals surface area contributed by atoms with Crippen LogP contribution in [-0.2, 0) is 0 Å². The molecule has 66 valence electrons. The summed E-state index contributed by atoms with van der Waals surface area (Å²) in [4.78, 5) is 10.5. The van der Waals surface area contributed by atoms with Crippen LogP contribution < -0.4 is 5.73 Å². The number of benzene rings is 1. The molecule has 0 amide bonds. The third kappa shape index (κ3) is 2.04. The molecule has 13 heavy (non-hydrogen) atoms. The van der Waals surface area contributed by atoms with Gasteiger partial charge in [0.15, 0.2) is 0 Å². The fraction of sp³-hybridized carbons (Fsp3) is 0.111. The third-order valence-corrected chi connectivity index (χ3v) is 1.66. The maximum absolute atomic E-state index is 10.5. The van der Waals surface area contributed by atoms with Crippen molar-refractivity contribution in [2.45, 2.75) is 6.04 Å². The van der Waals surface area contributed by atoms with E-state index in [1.807, 2.05) is 6.07 Å². The zero-order valence-corrected chi connectivity index (χ0v) is 6.77. The summed E-state index contributed by atoms with van der Waals surface area (Å²) in [5.74, 6) is -0.989. The largest absolute Gasteiger partial charge is 0.478 e. The summed E-state index contributed by atoms with van der Waals surface area (Å²) in [5, 5.41) is 17.1. The number of carboxylic acid groups (broad SMARTS) is 1. The van der Waals surface area contributed by atoms with E-state index in [1.54, 1.807) is 0 Å². The Morgan fingerprint density at radius 1 is 1.46 bits per heavy atom. The van der Waals surface area contributed by atoms with Crippen LogP contribution in [0.4, 0.5) is 0 Å². The fourth-order valence-electron chi connectivity index (χ4n) is 0.908. The molecule has 4 nitrogen and oxygen atoms in total. The van der Waals surface area contributed by atoms with Crippen LogP contribution in [0.5, 0.6) is 0 Å². The average molecular weight is 176 g/mol. The first kappa shape index (κ1) is 9.23. The number of carboxylic acids is 1. The highest BCUT2D eigenvalue weighted by atomic mass is 16.4. The van der Waals surface area contributed by atoms with Crippen molar-refractivity contribution in [3.63, 3.8) is 0 Å². The van der Waals surface area contributed by atoms with Gasteiger partial charge in [-0.2, -0.15) is 5.26 Å². The van der Waals surface area contributed by atoms with Gasteiger partial charge < -0.3 is 10.8 Å². The van der Waals surface area contributed by atoms with E-state index in [0.29, 0.717) is 5.56 Å². The highest BCUT2D eigenvalue weighted by Crippen LogP contribution is 2.10. The van der Waals surface area contributed by atoms with Crippen LogP contribution in [0.2, 0.25) is 0 Å². The van der Waals surface area contributed by atoms with E-state index in [0.717, 1.165) is 0 Å². The summed E-state index contributed by atoms with van der Waals surface area (Å²) in [6.07, 6.45) is 0. The van der Waals surface area contributed by atoms with Gasteiger partial charge in [-0.15, -0.1) is 0 Å². The Balaban J connectivity index is 2.95. The van der Waals surface area contributed by atoms with Crippen molar-refractivity contribution >= 4 is 5.97 Å². The average Bonchev–Trinajstić information content (AvgIpc) is 2.17. The Morgan fingerprint density at radius 3 is 2.38 bits per heavy atom. The highest BCUT2D eigenvalue weighted by molar-refractivity contribution is 5.87. The molecule has 0 saturated carbocycles. The summed E-state index contributed by atoms with van der Waals surface area (Å²) in [6, 6.07) is 7.10. The maximum Gasteiger partial charge on any atom is 0.335 e. The van der Waals surface area contributed by atoms with Crippen LogP contribution in [0.25, 0.3) is 0 Å². The number of rotatable bonds is 2. The molecule has 0 fully saturated rings. The molecule has 0 aliphatic heterocycles. The number of carbonyl (C=O) groups is 1. The van der Waals surface area contributed by atoms with Crippen molar-refractivity contribution in [2.24, 2.45) is 5.73 Å². The summed E-state index contributed by atoms with van der Waals surface area (Å²) < 4.78 is 0. The lowest BCUT2D eigenvalue weighted by Crippen LogP contribution is -2.07. The van der Waals surface area contributed by atoms with Gasteiger partial charge in [0, 0.05) is 0 Å². The lowest BCUT2D eigenvalue weighted by atomic mass is 10.1. The number of nitrogens with two attached hydrogens (primary N) is 1. The fourth-order valence-corrected chi connectivity index (χ4v) is 0.908. The molecule has 0 aliphatic rings. The Hall–Kier alpha value is -1.86. The van der Waals surface area contributed by atoms with Crippen molar-refractivity contribution in [3.05, 3.63) is 35.4 Å². The number of hydrogen-bond acceptors (Lipinski definition) is 3. The maximum atomic E-state index is 10.5. The molecule has 0 heterocycles. The van der Waals surface area contributed by atoms with E-state index in [2.05, 4.69) is 0 Å². The van der Waals surface area contributed by atoms with Crippen molar-refractivity contribution < 1.29 is 9.90 Å². The second-order valence-corrected chi connectivity index (χ2v) is 2.53. The zero-order chi connectivity index (χ0) is 9.84. The van der Waals surface area contributed by atoms with Crippen LogP contribution in [0.3, 0.4) is 0 Å². The van der Waals surface area contributed by atoms with Gasteiger partial charge in [0.1, 0.15) is 6.04 Å². The van der Waals surface area contributed by atoms with E-state index in [9.17, 15) is 4.79 Å². The van der Waals surface area contributed by atoms with E-state index in [4.69, 9.17) is 16.1 Å². The Bertz CT molecular complexity index is 351. The van der Waals surface area contributed by atoms with Crippen LogP contribution >= 0.6 is 0 Å². The monoisotopic (exact) mass is 176 g/mol. The summed E-state index contributed by atoms with van der Waals surface area (Å²) in [5.41, 5.74) is 6.22. The molecule has 0 bridgehead atoms. The Morgan fingerprint density at radius 2 is 2.00 bits per heavy atom. The van der Waals surface area contributed by atoms with Crippen LogP contribution in [0, 0.1) is 11.3 Å². The summed E-state index contributed by atoms with van der Waals surface area (Å²) in [7, 11) is 0. The molecule has 1 rings (SSSR count). The summed E-state index contributed by atoms with van der Waals surface area (Å²) >= 11 is 0. The summed E-state index contributed by atoms with van der Waals surface area (Å²) in [6.45, 7) is 0. The predicted molar refractivity (Wildman–Crippen MR) is 45.9 cm³/mol. The predicted octanol–water partition coefficient (Wildman–Crippen LogP) is 0.908. The van der Waals surface area contributed by atoms with Gasteiger partial charge in [-0.3, -0.25) is 0 Å². The van der Waals surface area contributed by atoms with E-state index in [-0.39, 0.29) is 5.56 Å². The lowest BCUT2D eigenvalue weighted by Gasteiger charge is -2.02. The van der Waals surface area contributed by atoms with Gasteiger partial charge >= 0.3 is 5.97 Å². The molecule has 0 aromatic heterocycles. The molecule has 1 aromatic carbocycles. The first-order chi connectivity index (χ1) is 6.15. The van der Waals surface area contributed by atoms with Crippen molar-refractivity contribution in [1.29, 1.82) is 5.26 Å². The second-order valence-electron chi connectivity index (χ2n) is 2.53. The Kier molecular flexibility index (Phi) is 2.62. The van der Waals surface area contributed by atoms with Crippen molar-refractivity contribution in [3.8, 4) is 6.07 Å². The number of hydrogen-bond donors (Lipinski definition) is 2. The smallest absolute Gasteiger partial charge is 0.335 e. The van der Waals surface area contributed by atoms with Crippen LogP contribution in [0.15, 0.2) is 24.3 Å². The van der Waals surface area contributed by atoms with E-state index < -0.39 is 12.0 Å². The molecule has 0 radical (unpaired) electrons. The molecule has 3 N–H and O–H groups in total. The molecule has 1 atom stereocenters. The lowest BCUT2D eigenvalue weighted by molar-refractivity contribution is 0.0697. The highest BCUT2D eigenvalue weighted by Gasteiger charge is 2.05. The van der Waals surface area contributed by atoms with Crippen LogP contribution in [0.1, 0.15) is 22.0 Å². The topological polar surface area (TPSA) is 87.1 Å². The van der Waals surface area contributed by atoms with Crippen molar-refractivity contribution in [1.82, 2.24) is 0 Å². The van der Waals surface area contributed by atoms with E-state index >= 15 is 0 Å². The minimum absolute atomic E-state index is 0.189. The molecule has 0 saturated heterocycles. The first-order valence-electron chi connectivity index (χ1n) is 3.63. The molecule has 0 aliphatic carbocycles. The number of aromatic carboxylic acids is 1. The first-order valence-corrected chi connectivity index (χ1v) is 3.63. The minimum atomic E-state index is -0.989. The van der Waals surface area contributed by atoms with Crippen LogP contribution in [-0.4, -0.2) is 11.1 Å². The minimum Gasteiger partial charge on any atom is -0.478 e.